The van der Waals surface area contributed by atoms with Gasteiger partial charge in [-0.3, -0.25) is 4.79 Å². The number of rotatable bonds is 5. The predicted octanol–water partition coefficient (Wildman–Crippen LogP) is 3.35. The maximum Gasteiger partial charge on any atom is 0.227 e. The molecule has 0 atom stereocenters. The van der Waals surface area contributed by atoms with Crippen LogP contribution in [0.4, 0.5) is 5.82 Å². The van der Waals surface area contributed by atoms with E-state index in [1.807, 2.05) is 53.4 Å². The van der Waals surface area contributed by atoms with Gasteiger partial charge in [-0.25, -0.2) is 9.97 Å². The number of methoxy groups -OCH3 is 1. The minimum atomic E-state index is 0.186. The van der Waals surface area contributed by atoms with Gasteiger partial charge in [-0.05, 0) is 42.3 Å². The van der Waals surface area contributed by atoms with Crippen LogP contribution in [0.15, 0.2) is 60.9 Å². The van der Waals surface area contributed by atoms with E-state index in [0.29, 0.717) is 19.5 Å². The number of nitrogens with zero attached hydrogens (tertiary/aromatic N) is 4. The fraction of sp³-hybridized carbons (Fsp3) is 0.292. The number of aromatic nitrogens is 2. The van der Waals surface area contributed by atoms with Gasteiger partial charge in [-0.15, -0.1) is 0 Å². The zero-order valence-corrected chi connectivity index (χ0v) is 17.4. The summed E-state index contributed by atoms with van der Waals surface area (Å²) in [5.74, 6) is 1.90. The number of aryl methyl sites for hydroxylation is 1. The highest BCUT2D eigenvalue weighted by molar-refractivity contribution is 5.79. The quantitative estimate of drug-likeness (QED) is 0.655. The topological polar surface area (TPSA) is 58.6 Å². The Hall–Kier alpha value is -3.41. The normalized spacial score (nSPS) is 13.9. The molecule has 154 valence electrons. The van der Waals surface area contributed by atoms with Crippen LogP contribution in [-0.2, 0) is 11.2 Å². The summed E-state index contributed by atoms with van der Waals surface area (Å²) in [6.45, 7) is 4.98. The van der Waals surface area contributed by atoms with E-state index in [1.54, 1.807) is 13.4 Å². The monoisotopic (exact) mass is 402 g/mol. The summed E-state index contributed by atoms with van der Waals surface area (Å²) in [6.07, 6.45) is 2.06. The van der Waals surface area contributed by atoms with Gasteiger partial charge in [-0.2, -0.15) is 0 Å². The Kier molecular flexibility index (Phi) is 5.93. The van der Waals surface area contributed by atoms with Crippen LogP contribution in [0.25, 0.3) is 11.3 Å². The first kappa shape index (κ1) is 19.9. The molecule has 1 saturated heterocycles. The first-order chi connectivity index (χ1) is 14.6. The zero-order valence-electron chi connectivity index (χ0n) is 17.4. The lowest BCUT2D eigenvalue weighted by atomic mass is 10.1. The SMILES string of the molecule is COc1ccc(-c2cc(N3CCN(C(=O)Cc4ccccc4C)CC3)ncn2)cc1. The molecule has 1 aliphatic heterocycles. The lowest BCUT2D eigenvalue weighted by Crippen LogP contribution is -2.49. The summed E-state index contributed by atoms with van der Waals surface area (Å²) in [5.41, 5.74) is 4.16. The Balaban J connectivity index is 1.39. The summed E-state index contributed by atoms with van der Waals surface area (Å²) in [4.78, 5) is 25.8. The molecule has 0 N–H and O–H groups in total. The maximum atomic E-state index is 12.7. The number of hydrogen-bond acceptors (Lipinski definition) is 5. The van der Waals surface area contributed by atoms with Gasteiger partial charge in [-0.1, -0.05) is 24.3 Å². The van der Waals surface area contributed by atoms with Gasteiger partial charge >= 0.3 is 0 Å². The van der Waals surface area contributed by atoms with E-state index in [1.165, 1.54) is 0 Å². The Morgan fingerprint density at radius 3 is 2.43 bits per heavy atom. The molecule has 0 radical (unpaired) electrons. The lowest BCUT2D eigenvalue weighted by Gasteiger charge is -2.35. The zero-order chi connectivity index (χ0) is 20.9. The van der Waals surface area contributed by atoms with Crippen LogP contribution in [0.1, 0.15) is 11.1 Å². The molecule has 1 aliphatic rings. The van der Waals surface area contributed by atoms with Gasteiger partial charge in [0.2, 0.25) is 5.91 Å². The molecule has 0 bridgehead atoms. The number of anilines is 1. The van der Waals surface area contributed by atoms with Crippen molar-refractivity contribution in [3.8, 4) is 17.0 Å². The summed E-state index contributed by atoms with van der Waals surface area (Å²) < 4.78 is 5.22. The van der Waals surface area contributed by atoms with Crippen LogP contribution >= 0.6 is 0 Å². The van der Waals surface area contributed by atoms with Crippen molar-refractivity contribution >= 4 is 11.7 Å². The molecular weight excluding hydrogens is 376 g/mol. The molecule has 0 unspecified atom stereocenters. The molecule has 2 aromatic carbocycles. The van der Waals surface area contributed by atoms with Crippen molar-refractivity contribution in [3.63, 3.8) is 0 Å². The van der Waals surface area contributed by atoms with Crippen LogP contribution in [0.3, 0.4) is 0 Å². The van der Waals surface area contributed by atoms with Gasteiger partial charge in [0.15, 0.2) is 0 Å². The smallest absolute Gasteiger partial charge is 0.227 e. The molecule has 0 saturated carbocycles. The molecule has 1 aromatic heterocycles. The van der Waals surface area contributed by atoms with Crippen molar-refractivity contribution in [2.75, 3.05) is 38.2 Å². The van der Waals surface area contributed by atoms with Crippen LogP contribution in [0.5, 0.6) is 5.75 Å². The molecule has 3 aromatic rings. The maximum absolute atomic E-state index is 12.7. The summed E-state index contributed by atoms with van der Waals surface area (Å²) >= 11 is 0. The van der Waals surface area contributed by atoms with Crippen molar-refractivity contribution in [2.45, 2.75) is 13.3 Å². The number of amides is 1. The van der Waals surface area contributed by atoms with Gasteiger partial charge < -0.3 is 14.5 Å². The van der Waals surface area contributed by atoms with E-state index >= 15 is 0 Å². The van der Waals surface area contributed by atoms with Gasteiger partial charge in [0.05, 0.1) is 19.2 Å². The first-order valence-corrected chi connectivity index (χ1v) is 10.2. The van der Waals surface area contributed by atoms with Crippen LogP contribution in [0.2, 0.25) is 0 Å². The largest absolute Gasteiger partial charge is 0.497 e. The second kappa shape index (κ2) is 8.95. The molecule has 2 heterocycles. The average Bonchev–Trinajstić information content (AvgIpc) is 2.81. The molecule has 1 fully saturated rings. The van der Waals surface area contributed by atoms with Gasteiger partial charge in [0.25, 0.3) is 0 Å². The van der Waals surface area contributed by atoms with Crippen molar-refractivity contribution in [1.82, 2.24) is 14.9 Å². The fourth-order valence-corrected chi connectivity index (χ4v) is 3.71. The molecule has 6 nitrogen and oxygen atoms in total. The van der Waals surface area contributed by atoms with E-state index in [4.69, 9.17) is 4.74 Å². The molecule has 0 aliphatic carbocycles. The minimum Gasteiger partial charge on any atom is -0.497 e. The molecule has 0 spiro atoms. The highest BCUT2D eigenvalue weighted by Gasteiger charge is 2.22. The number of ether oxygens (including phenoxy) is 1. The summed E-state index contributed by atoms with van der Waals surface area (Å²) in [6, 6.07) is 17.9. The van der Waals surface area contributed by atoms with Gasteiger partial charge in [0, 0.05) is 37.8 Å². The Labute approximate surface area is 177 Å². The second-order valence-electron chi connectivity index (χ2n) is 7.46. The first-order valence-electron chi connectivity index (χ1n) is 10.2. The van der Waals surface area contributed by atoms with Gasteiger partial charge in [0.1, 0.15) is 17.9 Å². The van der Waals surface area contributed by atoms with E-state index in [2.05, 4.69) is 27.9 Å². The molecule has 30 heavy (non-hydrogen) atoms. The standard InChI is InChI=1S/C24H26N4O2/c1-18-5-3-4-6-20(18)15-24(29)28-13-11-27(12-14-28)23-16-22(25-17-26-23)19-7-9-21(30-2)10-8-19/h3-10,16-17H,11-15H2,1-2H3. The van der Waals surface area contributed by atoms with Crippen molar-refractivity contribution in [3.05, 3.63) is 72.1 Å². The van der Waals surface area contributed by atoms with Crippen molar-refractivity contribution < 1.29 is 9.53 Å². The molecule has 4 rings (SSSR count). The molecule has 6 heteroatoms. The fourth-order valence-electron chi connectivity index (χ4n) is 3.71. The van der Waals surface area contributed by atoms with E-state index in [-0.39, 0.29) is 5.91 Å². The Morgan fingerprint density at radius 1 is 1.00 bits per heavy atom. The molecular formula is C24H26N4O2. The second-order valence-corrected chi connectivity index (χ2v) is 7.46. The number of hydrogen-bond donors (Lipinski definition) is 0. The lowest BCUT2D eigenvalue weighted by molar-refractivity contribution is -0.130. The summed E-state index contributed by atoms with van der Waals surface area (Å²) in [7, 11) is 1.66. The van der Waals surface area contributed by atoms with Crippen LogP contribution in [0, 0.1) is 6.92 Å². The highest BCUT2D eigenvalue weighted by Crippen LogP contribution is 2.24. The van der Waals surface area contributed by atoms with Crippen molar-refractivity contribution in [1.29, 1.82) is 0 Å². The third-order valence-electron chi connectivity index (χ3n) is 5.60. The third-order valence-corrected chi connectivity index (χ3v) is 5.60. The van der Waals surface area contributed by atoms with E-state index in [0.717, 1.165) is 47.0 Å². The average molecular weight is 402 g/mol. The molecule has 1 amide bonds. The number of piperazine rings is 1. The summed E-state index contributed by atoms with van der Waals surface area (Å²) in [5, 5.41) is 0. The van der Waals surface area contributed by atoms with E-state index in [9.17, 15) is 4.79 Å². The van der Waals surface area contributed by atoms with Crippen molar-refractivity contribution in [2.24, 2.45) is 0 Å². The Morgan fingerprint density at radius 2 is 1.73 bits per heavy atom. The predicted molar refractivity (Wildman–Crippen MR) is 118 cm³/mol. The number of carbonyl (C=O) groups is 1. The van der Waals surface area contributed by atoms with E-state index < -0.39 is 0 Å². The van der Waals surface area contributed by atoms with Crippen LogP contribution in [-0.4, -0.2) is 54.1 Å². The van der Waals surface area contributed by atoms with Crippen LogP contribution < -0.4 is 9.64 Å². The number of benzene rings is 2. The minimum absolute atomic E-state index is 0.186. The highest BCUT2D eigenvalue weighted by atomic mass is 16.5. The Bertz CT molecular complexity index is 1010. The third kappa shape index (κ3) is 4.43. The number of carbonyl (C=O) groups excluding carboxylic acids is 1.